The highest BCUT2D eigenvalue weighted by molar-refractivity contribution is 5.22. The first-order valence-electron chi connectivity index (χ1n) is 5.99. The van der Waals surface area contributed by atoms with Crippen molar-refractivity contribution in [3.05, 3.63) is 12.0 Å². The lowest BCUT2D eigenvalue weighted by atomic mass is 9.82. The molecule has 0 radical (unpaired) electrons. The zero-order valence-electron chi connectivity index (χ0n) is 10.2. The molecule has 0 amide bonds. The molecule has 0 bridgehead atoms. The third-order valence-corrected chi connectivity index (χ3v) is 3.14. The van der Waals surface area contributed by atoms with Crippen LogP contribution in [-0.4, -0.2) is 16.1 Å². The summed E-state index contributed by atoms with van der Waals surface area (Å²) in [6.45, 7) is 4.38. The summed E-state index contributed by atoms with van der Waals surface area (Å²) in [7, 11) is 0. The second kappa shape index (κ2) is 4.85. The molecule has 2 N–H and O–H groups in total. The van der Waals surface area contributed by atoms with Gasteiger partial charge in [0.25, 0.3) is 5.88 Å². The molecule has 0 saturated heterocycles. The molecular formula is C12H18FN3O. The first kappa shape index (κ1) is 12.1. The summed E-state index contributed by atoms with van der Waals surface area (Å²) in [5, 5.41) is 0. The molecule has 2 unspecified atom stereocenters. The summed E-state index contributed by atoms with van der Waals surface area (Å²) in [6, 6.07) is 0. The smallest absolute Gasteiger partial charge is 0.255 e. The number of nitrogen functional groups attached to an aromatic ring is 1. The molecule has 4 nitrogen and oxygen atoms in total. The molecule has 17 heavy (non-hydrogen) atoms. The second-order valence-electron chi connectivity index (χ2n) is 5.04. The lowest BCUT2D eigenvalue weighted by Crippen LogP contribution is -2.29. The molecule has 94 valence electrons. The third kappa shape index (κ3) is 3.05. The van der Waals surface area contributed by atoms with Crippen molar-refractivity contribution in [3.8, 4) is 5.88 Å². The fraction of sp³-hybridized carbons (Fsp3) is 0.667. The highest BCUT2D eigenvalue weighted by atomic mass is 19.1. The molecule has 1 fully saturated rings. The minimum absolute atomic E-state index is 0.0243. The Morgan fingerprint density at radius 3 is 2.59 bits per heavy atom. The van der Waals surface area contributed by atoms with Crippen LogP contribution in [0.3, 0.4) is 0 Å². The Labute approximate surface area is 100 Å². The van der Waals surface area contributed by atoms with Gasteiger partial charge in [0.2, 0.25) is 11.8 Å². The summed E-state index contributed by atoms with van der Waals surface area (Å²) in [5.41, 5.74) is 5.42. The maximum absolute atomic E-state index is 13.4. The summed E-state index contributed by atoms with van der Waals surface area (Å²) >= 11 is 0. The number of anilines is 1. The van der Waals surface area contributed by atoms with E-state index in [1.807, 2.05) is 0 Å². The lowest BCUT2D eigenvalue weighted by Gasteiger charge is -2.31. The lowest BCUT2D eigenvalue weighted by molar-refractivity contribution is 0.0923. The Hall–Kier alpha value is -1.39. The van der Waals surface area contributed by atoms with Gasteiger partial charge in [0, 0.05) is 0 Å². The quantitative estimate of drug-likeness (QED) is 0.860. The van der Waals surface area contributed by atoms with Crippen LogP contribution in [0.4, 0.5) is 10.3 Å². The number of nitrogens with two attached hydrogens (primary N) is 1. The molecule has 1 heterocycles. The highest BCUT2D eigenvalue weighted by Crippen LogP contribution is 2.31. The van der Waals surface area contributed by atoms with Crippen LogP contribution in [0.15, 0.2) is 6.20 Å². The van der Waals surface area contributed by atoms with Gasteiger partial charge in [-0.2, -0.15) is 9.37 Å². The van der Waals surface area contributed by atoms with Crippen molar-refractivity contribution in [2.24, 2.45) is 11.8 Å². The normalized spacial score (nSPS) is 29.0. The number of halogens is 1. The SMILES string of the molecule is CC1CC(C)CC(Oc2nc(N)ncc2F)C1. The summed E-state index contributed by atoms with van der Waals surface area (Å²) in [6.07, 6.45) is 4.15. The minimum Gasteiger partial charge on any atom is -0.472 e. The Bertz CT molecular complexity index is 389. The van der Waals surface area contributed by atoms with Crippen molar-refractivity contribution < 1.29 is 9.13 Å². The molecule has 2 rings (SSSR count). The van der Waals surface area contributed by atoms with E-state index in [9.17, 15) is 4.39 Å². The van der Waals surface area contributed by atoms with E-state index >= 15 is 0 Å². The van der Waals surface area contributed by atoms with E-state index < -0.39 is 5.82 Å². The van der Waals surface area contributed by atoms with Gasteiger partial charge in [-0.05, 0) is 31.1 Å². The minimum atomic E-state index is -0.551. The Kier molecular flexibility index (Phi) is 3.45. The van der Waals surface area contributed by atoms with Crippen LogP contribution in [0.2, 0.25) is 0 Å². The molecule has 0 spiro atoms. The first-order chi connectivity index (χ1) is 8.04. The van der Waals surface area contributed by atoms with Crippen LogP contribution in [0.1, 0.15) is 33.1 Å². The molecule has 0 aromatic carbocycles. The van der Waals surface area contributed by atoms with Crippen molar-refractivity contribution in [2.45, 2.75) is 39.2 Å². The van der Waals surface area contributed by atoms with Gasteiger partial charge in [0.15, 0.2) is 0 Å². The zero-order chi connectivity index (χ0) is 12.4. The molecule has 1 saturated carbocycles. The number of hydrogen-bond acceptors (Lipinski definition) is 4. The van der Waals surface area contributed by atoms with Crippen LogP contribution >= 0.6 is 0 Å². The summed E-state index contributed by atoms with van der Waals surface area (Å²) < 4.78 is 19.0. The van der Waals surface area contributed by atoms with Crippen LogP contribution in [-0.2, 0) is 0 Å². The van der Waals surface area contributed by atoms with E-state index in [1.165, 1.54) is 6.42 Å². The van der Waals surface area contributed by atoms with Crippen molar-refractivity contribution in [1.82, 2.24) is 9.97 Å². The number of rotatable bonds is 2. The largest absolute Gasteiger partial charge is 0.472 e. The monoisotopic (exact) mass is 239 g/mol. The van der Waals surface area contributed by atoms with Crippen molar-refractivity contribution in [1.29, 1.82) is 0 Å². The van der Waals surface area contributed by atoms with Gasteiger partial charge in [-0.3, -0.25) is 0 Å². The fourth-order valence-electron chi connectivity index (χ4n) is 2.57. The molecule has 1 aliphatic carbocycles. The molecule has 5 heteroatoms. The predicted octanol–water partition coefficient (Wildman–Crippen LogP) is 2.40. The maximum Gasteiger partial charge on any atom is 0.255 e. The van der Waals surface area contributed by atoms with E-state index in [-0.39, 0.29) is 17.9 Å². The molecular weight excluding hydrogens is 221 g/mol. The van der Waals surface area contributed by atoms with E-state index in [0.717, 1.165) is 19.0 Å². The molecule has 0 aliphatic heterocycles. The Balaban J connectivity index is 2.07. The maximum atomic E-state index is 13.4. The van der Waals surface area contributed by atoms with E-state index in [4.69, 9.17) is 10.5 Å². The third-order valence-electron chi connectivity index (χ3n) is 3.14. The van der Waals surface area contributed by atoms with E-state index in [2.05, 4.69) is 23.8 Å². The van der Waals surface area contributed by atoms with E-state index in [1.54, 1.807) is 0 Å². The topological polar surface area (TPSA) is 61.0 Å². The summed E-state index contributed by atoms with van der Waals surface area (Å²) in [4.78, 5) is 7.36. The van der Waals surface area contributed by atoms with Crippen LogP contribution in [0, 0.1) is 17.7 Å². The van der Waals surface area contributed by atoms with Crippen LogP contribution in [0.25, 0.3) is 0 Å². The number of nitrogens with zero attached hydrogens (tertiary/aromatic N) is 2. The number of ether oxygens (including phenoxy) is 1. The number of hydrogen-bond donors (Lipinski definition) is 1. The van der Waals surface area contributed by atoms with Gasteiger partial charge < -0.3 is 10.5 Å². The fourth-order valence-corrected chi connectivity index (χ4v) is 2.57. The predicted molar refractivity (Wildman–Crippen MR) is 63.0 cm³/mol. The average molecular weight is 239 g/mol. The van der Waals surface area contributed by atoms with Crippen molar-refractivity contribution in [3.63, 3.8) is 0 Å². The van der Waals surface area contributed by atoms with Crippen LogP contribution < -0.4 is 10.5 Å². The summed E-state index contributed by atoms with van der Waals surface area (Å²) in [5.74, 6) is 0.671. The van der Waals surface area contributed by atoms with E-state index in [0.29, 0.717) is 11.8 Å². The zero-order valence-corrected chi connectivity index (χ0v) is 10.2. The van der Waals surface area contributed by atoms with Gasteiger partial charge >= 0.3 is 0 Å². The standard InChI is InChI=1S/C12H18FN3O/c1-7-3-8(2)5-9(4-7)17-11-10(13)6-15-12(14)16-11/h6-9H,3-5H2,1-2H3,(H2,14,15,16). The first-order valence-corrected chi connectivity index (χ1v) is 5.99. The second-order valence-corrected chi connectivity index (χ2v) is 5.04. The van der Waals surface area contributed by atoms with Gasteiger partial charge in [0.05, 0.1) is 6.20 Å². The Morgan fingerprint density at radius 1 is 1.29 bits per heavy atom. The van der Waals surface area contributed by atoms with Gasteiger partial charge in [-0.1, -0.05) is 13.8 Å². The van der Waals surface area contributed by atoms with Gasteiger partial charge in [-0.15, -0.1) is 0 Å². The number of aromatic nitrogens is 2. The van der Waals surface area contributed by atoms with Gasteiger partial charge in [-0.25, -0.2) is 4.98 Å². The van der Waals surface area contributed by atoms with Crippen LogP contribution in [0.5, 0.6) is 5.88 Å². The Morgan fingerprint density at radius 2 is 1.94 bits per heavy atom. The van der Waals surface area contributed by atoms with Gasteiger partial charge in [0.1, 0.15) is 6.10 Å². The molecule has 1 aromatic heterocycles. The molecule has 2 atom stereocenters. The average Bonchev–Trinajstić information content (AvgIpc) is 2.22. The molecule has 1 aliphatic rings. The van der Waals surface area contributed by atoms with Crippen molar-refractivity contribution >= 4 is 5.95 Å². The van der Waals surface area contributed by atoms with Crippen molar-refractivity contribution in [2.75, 3.05) is 5.73 Å². The highest BCUT2D eigenvalue weighted by Gasteiger charge is 2.26. The molecule has 1 aromatic rings.